The Labute approximate surface area is 149 Å². The van der Waals surface area contributed by atoms with Crippen LogP contribution in [0, 0.1) is 10.1 Å². The van der Waals surface area contributed by atoms with E-state index in [0.717, 1.165) is 22.4 Å². The summed E-state index contributed by atoms with van der Waals surface area (Å²) in [4.78, 5) is 16.6. The predicted molar refractivity (Wildman–Crippen MR) is 94.1 cm³/mol. The Balaban J connectivity index is 1.85. The van der Waals surface area contributed by atoms with Crippen LogP contribution in [-0.4, -0.2) is 41.1 Å². The molecule has 0 spiro atoms. The summed E-state index contributed by atoms with van der Waals surface area (Å²) in [6.07, 6.45) is 1.70. The molecular weight excluding hydrogens is 346 g/mol. The number of aromatic nitrogens is 1. The molecule has 1 saturated heterocycles. The zero-order chi connectivity index (χ0) is 17.8. The number of hydrogen-bond acceptors (Lipinski definition) is 4. The largest absolute Gasteiger partial charge is 0.497 e. The highest BCUT2D eigenvalue weighted by Gasteiger charge is 2.22. The Bertz CT molecular complexity index is 810. The van der Waals surface area contributed by atoms with E-state index in [0.29, 0.717) is 24.8 Å². The van der Waals surface area contributed by atoms with Crippen LogP contribution in [0.4, 0.5) is 0 Å². The van der Waals surface area contributed by atoms with Crippen LogP contribution in [0.2, 0.25) is 5.15 Å². The van der Waals surface area contributed by atoms with Crippen molar-refractivity contribution in [3.63, 3.8) is 0 Å². The molecule has 1 N–H and O–H groups in total. The maximum Gasteiger partial charge on any atom is 0.271 e. The average molecular weight is 362 g/mol. The van der Waals surface area contributed by atoms with Gasteiger partial charge in [0, 0.05) is 37.0 Å². The number of nitrogens with one attached hydrogen (secondary N) is 1. The lowest BCUT2D eigenvalue weighted by Gasteiger charge is -2.17. The third kappa shape index (κ3) is 3.97. The van der Waals surface area contributed by atoms with Crippen LogP contribution in [-0.2, 0) is 6.54 Å². The third-order valence-electron chi connectivity index (χ3n) is 3.84. The average Bonchev–Trinajstić information content (AvgIpc) is 3.03. The Hall–Kier alpha value is -2.87. The third-order valence-corrected chi connectivity index (χ3v) is 4.18. The minimum absolute atomic E-state index is 0.232. The van der Waals surface area contributed by atoms with Gasteiger partial charge in [-0.25, -0.2) is 15.1 Å². The number of hydrazone groups is 1. The number of benzene rings is 1. The topological polar surface area (TPSA) is 92.9 Å². The number of methoxy groups -OCH3 is 1. The highest BCUT2D eigenvalue weighted by atomic mass is 35.5. The van der Waals surface area contributed by atoms with Gasteiger partial charge in [0.2, 0.25) is 0 Å². The van der Waals surface area contributed by atoms with Gasteiger partial charge in [-0.1, -0.05) is 23.7 Å². The van der Waals surface area contributed by atoms with E-state index >= 15 is 0 Å². The maximum absolute atomic E-state index is 10.6. The Morgan fingerprint density at radius 1 is 1.40 bits per heavy atom. The van der Waals surface area contributed by atoms with Gasteiger partial charge < -0.3 is 15.0 Å². The molecule has 0 saturated carbocycles. The highest BCUT2D eigenvalue weighted by molar-refractivity contribution is 6.30. The van der Waals surface area contributed by atoms with Crippen molar-refractivity contribution in [3.05, 3.63) is 57.4 Å². The molecule has 1 aliphatic rings. The molecule has 1 fully saturated rings. The van der Waals surface area contributed by atoms with E-state index in [1.807, 2.05) is 30.3 Å². The molecule has 8 nitrogen and oxygen atoms in total. The lowest BCUT2D eigenvalue weighted by molar-refractivity contribution is -0.485. The SMILES string of the molecule is COc1ccc(-c2cnc(Cl)c(CN3CCN/C3=N\[N+](=O)[O-])c2)cc1. The highest BCUT2D eigenvalue weighted by Crippen LogP contribution is 2.26. The van der Waals surface area contributed by atoms with E-state index in [4.69, 9.17) is 16.3 Å². The lowest BCUT2D eigenvalue weighted by atomic mass is 10.1. The van der Waals surface area contributed by atoms with Crippen molar-refractivity contribution in [1.29, 1.82) is 0 Å². The molecule has 130 valence electrons. The zero-order valence-corrected chi connectivity index (χ0v) is 14.2. The number of hydrogen-bond donors (Lipinski definition) is 1. The summed E-state index contributed by atoms with van der Waals surface area (Å²) in [7, 11) is 1.62. The molecule has 0 radical (unpaired) electrons. The van der Waals surface area contributed by atoms with E-state index < -0.39 is 5.03 Å². The lowest BCUT2D eigenvalue weighted by Crippen LogP contribution is -2.30. The van der Waals surface area contributed by atoms with E-state index in [-0.39, 0.29) is 5.96 Å². The quantitative estimate of drug-likeness (QED) is 0.499. The minimum Gasteiger partial charge on any atom is -0.497 e. The van der Waals surface area contributed by atoms with Crippen LogP contribution in [0.15, 0.2) is 41.6 Å². The summed E-state index contributed by atoms with van der Waals surface area (Å²) >= 11 is 6.21. The summed E-state index contributed by atoms with van der Waals surface area (Å²) < 4.78 is 5.16. The van der Waals surface area contributed by atoms with E-state index in [9.17, 15) is 10.1 Å². The van der Waals surface area contributed by atoms with Gasteiger partial charge in [-0.05, 0) is 23.8 Å². The Kier molecular flexibility index (Phi) is 4.99. The number of halogens is 1. The van der Waals surface area contributed by atoms with Crippen molar-refractivity contribution in [3.8, 4) is 16.9 Å². The predicted octanol–water partition coefficient (Wildman–Crippen LogP) is 2.36. The first-order valence-corrected chi connectivity index (χ1v) is 7.95. The fraction of sp³-hybridized carbons (Fsp3) is 0.250. The van der Waals surface area contributed by atoms with Crippen LogP contribution in [0.3, 0.4) is 0 Å². The van der Waals surface area contributed by atoms with Gasteiger partial charge in [0.1, 0.15) is 16.0 Å². The number of nitrogens with zero attached hydrogens (tertiary/aromatic N) is 4. The van der Waals surface area contributed by atoms with E-state index in [1.165, 1.54) is 0 Å². The smallest absolute Gasteiger partial charge is 0.271 e. The number of ether oxygens (including phenoxy) is 1. The van der Waals surface area contributed by atoms with Crippen molar-refractivity contribution in [2.75, 3.05) is 20.2 Å². The number of guanidine groups is 1. The van der Waals surface area contributed by atoms with Gasteiger partial charge in [-0.15, -0.1) is 0 Å². The second kappa shape index (κ2) is 7.35. The molecule has 0 atom stereocenters. The molecule has 2 aromatic rings. The summed E-state index contributed by atoms with van der Waals surface area (Å²) in [6.45, 7) is 1.58. The number of pyridine rings is 1. The zero-order valence-electron chi connectivity index (χ0n) is 13.5. The van der Waals surface area contributed by atoms with Crippen molar-refractivity contribution in [2.24, 2.45) is 5.10 Å². The number of nitro groups is 1. The van der Waals surface area contributed by atoms with Crippen LogP contribution < -0.4 is 10.1 Å². The molecule has 1 aromatic heterocycles. The first kappa shape index (κ1) is 17.0. The van der Waals surface area contributed by atoms with E-state index in [1.54, 1.807) is 18.2 Å². The molecule has 0 bridgehead atoms. The molecule has 0 aliphatic carbocycles. The van der Waals surface area contributed by atoms with Crippen molar-refractivity contribution in [1.82, 2.24) is 15.2 Å². The van der Waals surface area contributed by atoms with Gasteiger partial charge in [-0.3, -0.25) is 0 Å². The van der Waals surface area contributed by atoms with Crippen LogP contribution in [0.5, 0.6) is 5.75 Å². The van der Waals surface area contributed by atoms with Crippen LogP contribution >= 0.6 is 11.6 Å². The summed E-state index contributed by atoms with van der Waals surface area (Å²) in [5.41, 5.74) is 2.65. The van der Waals surface area contributed by atoms with Gasteiger partial charge >= 0.3 is 0 Å². The van der Waals surface area contributed by atoms with Crippen LogP contribution in [0.25, 0.3) is 11.1 Å². The van der Waals surface area contributed by atoms with Gasteiger partial charge in [0.25, 0.3) is 5.96 Å². The normalized spacial score (nSPS) is 15.3. The standard InChI is InChI=1S/C16H16ClN5O3/c1-25-14-4-2-11(3-5-14)12-8-13(15(17)19-9-12)10-21-7-6-18-16(21)20-22(23)24/h2-5,8-9H,6-7,10H2,1H3,(H,18,20). The first-order chi connectivity index (χ1) is 12.1. The van der Waals surface area contributed by atoms with Crippen LogP contribution in [0.1, 0.15) is 5.56 Å². The fourth-order valence-electron chi connectivity index (χ4n) is 2.60. The molecule has 1 aromatic carbocycles. The Morgan fingerprint density at radius 3 is 2.84 bits per heavy atom. The molecule has 25 heavy (non-hydrogen) atoms. The van der Waals surface area contributed by atoms with Crippen molar-refractivity contribution >= 4 is 17.6 Å². The van der Waals surface area contributed by atoms with Crippen molar-refractivity contribution in [2.45, 2.75) is 6.54 Å². The fourth-order valence-corrected chi connectivity index (χ4v) is 2.76. The number of rotatable bonds is 5. The maximum atomic E-state index is 10.6. The molecule has 1 aliphatic heterocycles. The second-order valence-corrected chi connectivity index (χ2v) is 5.77. The molecule has 9 heteroatoms. The monoisotopic (exact) mass is 361 g/mol. The summed E-state index contributed by atoms with van der Waals surface area (Å²) in [5.74, 6) is 1.01. The summed E-state index contributed by atoms with van der Waals surface area (Å²) in [5, 5.41) is 16.5. The molecule has 0 amide bonds. The van der Waals surface area contributed by atoms with Gasteiger partial charge in [0.05, 0.1) is 7.11 Å². The molecular formula is C16H16ClN5O3. The minimum atomic E-state index is -0.714. The first-order valence-electron chi connectivity index (χ1n) is 7.57. The summed E-state index contributed by atoms with van der Waals surface area (Å²) in [6, 6.07) is 9.54. The van der Waals surface area contributed by atoms with Gasteiger partial charge in [-0.2, -0.15) is 0 Å². The van der Waals surface area contributed by atoms with Crippen molar-refractivity contribution < 1.29 is 9.77 Å². The molecule has 3 rings (SSSR count). The molecule has 2 heterocycles. The Morgan fingerprint density at radius 2 is 2.16 bits per heavy atom. The van der Waals surface area contributed by atoms with Gasteiger partial charge in [0.15, 0.2) is 5.03 Å². The van der Waals surface area contributed by atoms with E-state index in [2.05, 4.69) is 15.4 Å². The molecule has 0 unspecified atom stereocenters. The second-order valence-electron chi connectivity index (χ2n) is 5.41.